The Morgan fingerprint density at radius 2 is 2.04 bits per heavy atom. The molecule has 0 saturated heterocycles. The van der Waals surface area contributed by atoms with Crippen LogP contribution in [0.25, 0.3) is 5.52 Å². The Hall–Kier alpha value is -3.09. The summed E-state index contributed by atoms with van der Waals surface area (Å²) < 4.78 is 8.61. The van der Waals surface area contributed by atoms with E-state index in [4.69, 9.17) is 4.74 Å². The highest BCUT2D eigenvalue weighted by Gasteiger charge is 2.20. The fourth-order valence-electron chi connectivity index (χ4n) is 3.58. The lowest BCUT2D eigenvalue weighted by Gasteiger charge is -2.12. The van der Waals surface area contributed by atoms with Crippen molar-refractivity contribution in [2.24, 2.45) is 0 Å². The lowest BCUT2D eigenvalue weighted by Crippen LogP contribution is -2.28. The normalized spacial score (nSPS) is 13.4. The smallest absolute Gasteiger partial charge is 0.277 e. The zero-order valence-corrected chi connectivity index (χ0v) is 15.3. The van der Waals surface area contributed by atoms with Gasteiger partial charge in [-0.25, -0.2) is 4.52 Å². The minimum atomic E-state index is -0.276. The zero-order valence-electron chi connectivity index (χ0n) is 15.3. The average Bonchev–Trinajstić information content (AvgIpc) is 3.05. The van der Waals surface area contributed by atoms with Crippen molar-refractivity contribution in [2.45, 2.75) is 39.2 Å². The van der Waals surface area contributed by atoms with Crippen molar-refractivity contribution >= 4 is 17.1 Å². The molecule has 7 nitrogen and oxygen atoms in total. The lowest BCUT2D eigenvalue weighted by molar-refractivity contribution is -0.116. The fourth-order valence-corrected chi connectivity index (χ4v) is 3.58. The summed E-state index contributed by atoms with van der Waals surface area (Å²) in [4.78, 5) is 25.4. The van der Waals surface area contributed by atoms with Gasteiger partial charge in [0.25, 0.3) is 5.56 Å². The third-order valence-electron chi connectivity index (χ3n) is 4.81. The van der Waals surface area contributed by atoms with Crippen LogP contribution in [0.15, 0.2) is 41.5 Å². The molecule has 0 aliphatic heterocycles. The van der Waals surface area contributed by atoms with E-state index in [2.05, 4.69) is 10.4 Å². The van der Waals surface area contributed by atoms with Crippen molar-refractivity contribution < 1.29 is 9.53 Å². The number of hydrogen-bond acceptors (Lipinski definition) is 4. The SMILES string of the molecule is CCOc1ccccc1NC(=O)Cn1ccn2nc3c(c2c1=O)CCCC3. The molecule has 0 atom stereocenters. The Labute approximate surface area is 156 Å². The predicted molar refractivity (Wildman–Crippen MR) is 102 cm³/mol. The van der Waals surface area contributed by atoms with Crippen LogP contribution in [-0.2, 0) is 24.2 Å². The molecule has 1 aliphatic carbocycles. The number of carbonyl (C=O) groups is 1. The van der Waals surface area contributed by atoms with Gasteiger partial charge < -0.3 is 14.6 Å². The van der Waals surface area contributed by atoms with Gasteiger partial charge in [-0.05, 0) is 44.7 Å². The van der Waals surface area contributed by atoms with E-state index in [1.54, 1.807) is 29.0 Å². The summed E-state index contributed by atoms with van der Waals surface area (Å²) in [5.41, 5.74) is 3.05. The third-order valence-corrected chi connectivity index (χ3v) is 4.81. The lowest BCUT2D eigenvalue weighted by atomic mass is 9.97. The number of para-hydroxylation sites is 2. The largest absolute Gasteiger partial charge is 0.492 e. The second kappa shape index (κ2) is 7.26. The van der Waals surface area contributed by atoms with Crippen LogP contribution in [0.5, 0.6) is 5.75 Å². The first-order valence-electron chi connectivity index (χ1n) is 9.28. The van der Waals surface area contributed by atoms with E-state index >= 15 is 0 Å². The van der Waals surface area contributed by atoms with Crippen molar-refractivity contribution in [1.82, 2.24) is 14.2 Å². The molecule has 0 fully saturated rings. The van der Waals surface area contributed by atoms with E-state index in [9.17, 15) is 9.59 Å². The number of carbonyl (C=O) groups excluding carboxylic acids is 1. The minimum absolute atomic E-state index is 0.0598. The predicted octanol–water partition coefficient (Wildman–Crippen LogP) is 2.41. The Bertz CT molecular complexity index is 1050. The first-order valence-corrected chi connectivity index (χ1v) is 9.28. The molecular formula is C20H22N4O3. The van der Waals surface area contributed by atoms with Crippen molar-refractivity contribution in [2.75, 3.05) is 11.9 Å². The van der Waals surface area contributed by atoms with Crippen LogP contribution in [0.2, 0.25) is 0 Å². The monoisotopic (exact) mass is 366 g/mol. The number of aromatic nitrogens is 3. The maximum Gasteiger partial charge on any atom is 0.277 e. The van der Waals surface area contributed by atoms with Crippen LogP contribution in [0.4, 0.5) is 5.69 Å². The molecule has 1 aliphatic rings. The van der Waals surface area contributed by atoms with Crippen molar-refractivity contribution in [3.63, 3.8) is 0 Å². The summed E-state index contributed by atoms with van der Waals surface area (Å²) in [6, 6.07) is 7.26. The van der Waals surface area contributed by atoms with Gasteiger partial charge in [0.05, 0.1) is 18.0 Å². The molecule has 1 N–H and O–H groups in total. The first-order chi connectivity index (χ1) is 13.2. The summed E-state index contributed by atoms with van der Waals surface area (Å²) >= 11 is 0. The molecular weight excluding hydrogens is 344 g/mol. The fraction of sp³-hybridized carbons (Fsp3) is 0.350. The summed E-state index contributed by atoms with van der Waals surface area (Å²) in [5.74, 6) is 0.336. The topological polar surface area (TPSA) is 77.6 Å². The summed E-state index contributed by atoms with van der Waals surface area (Å²) in [5, 5.41) is 7.35. The highest BCUT2D eigenvalue weighted by molar-refractivity contribution is 5.92. The van der Waals surface area contributed by atoms with Gasteiger partial charge in [0, 0.05) is 18.0 Å². The molecule has 0 radical (unpaired) electrons. The van der Waals surface area contributed by atoms with Crippen molar-refractivity contribution in [3.8, 4) is 5.75 Å². The maximum absolute atomic E-state index is 12.9. The molecule has 1 amide bonds. The number of benzene rings is 1. The Balaban J connectivity index is 1.59. The molecule has 0 unspecified atom stereocenters. The van der Waals surface area contributed by atoms with Gasteiger partial charge in [-0.15, -0.1) is 0 Å². The quantitative estimate of drug-likeness (QED) is 0.752. The van der Waals surface area contributed by atoms with E-state index in [-0.39, 0.29) is 18.0 Å². The second-order valence-corrected chi connectivity index (χ2v) is 6.63. The Morgan fingerprint density at radius 1 is 1.22 bits per heavy atom. The molecule has 7 heteroatoms. The van der Waals surface area contributed by atoms with Crippen LogP contribution in [-0.4, -0.2) is 26.7 Å². The Kier molecular flexibility index (Phi) is 4.66. The summed E-state index contributed by atoms with van der Waals surface area (Å²) in [6.07, 6.45) is 7.31. The molecule has 0 saturated carbocycles. The second-order valence-electron chi connectivity index (χ2n) is 6.63. The Morgan fingerprint density at radius 3 is 2.89 bits per heavy atom. The molecule has 0 bridgehead atoms. The molecule has 2 aromatic heterocycles. The number of fused-ring (bicyclic) bond motifs is 3. The van der Waals surface area contributed by atoms with E-state index < -0.39 is 0 Å². The number of ether oxygens (including phenoxy) is 1. The maximum atomic E-state index is 12.9. The number of hydrogen-bond donors (Lipinski definition) is 1. The van der Waals surface area contributed by atoms with Gasteiger partial charge in [-0.2, -0.15) is 5.10 Å². The van der Waals surface area contributed by atoms with E-state index in [0.717, 1.165) is 36.9 Å². The van der Waals surface area contributed by atoms with Crippen molar-refractivity contribution in [1.29, 1.82) is 0 Å². The van der Waals surface area contributed by atoms with E-state index in [1.165, 1.54) is 4.57 Å². The average molecular weight is 366 g/mol. The van der Waals surface area contributed by atoms with Gasteiger partial charge in [0.1, 0.15) is 17.8 Å². The van der Waals surface area contributed by atoms with Crippen molar-refractivity contribution in [3.05, 3.63) is 58.3 Å². The molecule has 0 spiro atoms. The standard InChI is InChI=1S/C20H22N4O3/c1-2-27-17-10-6-5-9-16(17)21-18(25)13-23-11-12-24-19(20(23)26)14-7-3-4-8-15(14)22-24/h5-6,9-12H,2-4,7-8,13H2,1H3,(H,21,25). The summed E-state index contributed by atoms with van der Waals surface area (Å²) in [7, 11) is 0. The van der Waals surface area contributed by atoms with Crippen LogP contribution in [0, 0.1) is 0 Å². The number of aryl methyl sites for hydroxylation is 2. The van der Waals surface area contributed by atoms with Gasteiger partial charge in [0.2, 0.25) is 5.91 Å². The molecule has 4 rings (SSSR count). The van der Waals surface area contributed by atoms with Crippen LogP contribution < -0.4 is 15.6 Å². The molecule has 3 aromatic rings. The van der Waals surface area contributed by atoms with Gasteiger partial charge in [0.15, 0.2) is 0 Å². The highest BCUT2D eigenvalue weighted by Crippen LogP contribution is 2.24. The highest BCUT2D eigenvalue weighted by atomic mass is 16.5. The summed E-state index contributed by atoms with van der Waals surface area (Å²) in [6.45, 7) is 2.34. The van der Waals surface area contributed by atoms with E-state index in [1.807, 2.05) is 19.1 Å². The number of nitrogens with one attached hydrogen (secondary N) is 1. The van der Waals surface area contributed by atoms with Gasteiger partial charge in [-0.1, -0.05) is 12.1 Å². The van der Waals surface area contributed by atoms with Gasteiger partial charge >= 0.3 is 0 Å². The zero-order chi connectivity index (χ0) is 18.8. The molecule has 140 valence electrons. The van der Waals surface area contributed by atoms with Crippen LogP contribution in [0.3, 0.4) is 0 Å². The third kappa shape index (κ3) is 3.32. The molecule has 27 heavy (non-hydrogen) atoms. The number of nitrogens with zero attached hydrogens (tertiary/aromatic N) is 3. The molecule has 2 heterocycles. The molecule has 1 aromatic carbocycles. The first kappa shape index (κ1) is 17.3. The van der Waals surface area contributed by atoms with Gasteiger partial charge in [-0.3, -0.25) is 9.59 Å². The number of anilines is 1. The van der Waals surface area contributed by atoms with E-state index in [0.29, 0.717) is 23.6 Å². The van der Waals surface area contributed by atoms with Crippen LogP contribution >= 0.6 is 0 Å². The minimum Gasteiger partial charge on any atom is -0.492 e. The van der Waals surface area contributed by atoms with Crippen LogP contribution in [0.1, 0.15) is 31.0 Å². The number of amides is 1. The number of rotatable bonds is 5.